The zero-order valence-electron chi connectivity index (χ0n) is 15.1. The van der Waals surface area contributed by atoms with Crippen molar-refractivity contribution in [1.29, 1.82) is 0 Å². The minimum atomic E-state index is -0.548. The molecule has 1 atom stereocenters. The van der Waals surface area contributed by atoms with Crippen molar-refractivity contribution in [3.05, 3.63) is 31.7 Å². The summed E-state index contributed by atoms with van der Waals surface area (Å²) in [7, 11) is 0. The van der Waals surface area contributed by atoms with Gasteiger partial charge in [0.1, 0.15) is 11.3 Å². The lowest BCUT2D eigenvalue weighted by molar-refractivity contribution is -0.384. The van der Waals surface area contributed by atoms with Gasteiger partial charge < -0.3 is 15.0 Å². The maximum Gasteiger partial charge on any atom is 0.407 e. The molecule has 1 heterocycles. The molecule has 1 amide bonds. The summed E-state index contributed by atoms with van der Waals surface area (Å²) < 4.78 is 5.86. The molecule has 1 aromatic carbocycles. The van der Waals surface area contributed by atoms with Crippen LogP contribution in [0.4, 0.5) is 16.2 Å². The molecule has 1 aliphatic rings. The van der Waals surface area contributed by atoms with Crippen molar-refractivity contribution in [2.24, 2.45) is 5.92 Å². The molecule has 9 heteroatoms. The normalized spacial score (nSPS) is 17.7. The zero-order valence-corrected chi connectivity index (χ0v) is 17.4. The van der Waals surface area contributed by atoms with Crippen LogP contribution >= 0.6 is 27.5 Å². The molecule has 7 nitrogen and oxygen atoms in total. The molecule has 1 aliphatic heterocycles. The van der Waals surface area contributed by atoms with Crippen molar-refractivity contribution in [2.45, 2.75) is 39.2 Å². The van der Waals surface area contributed by atoms with E-state index in [0.29, 0.717) is 34.8 Å². The number of nitro benzene ring substituents is 1. The fraction of sp³-hybridized carbons (Fsp3) is 0.588. The monoisotopic (exact) mass is 447 g/mol. The maximum atomic E-state index is 11.8. The molecule has 0 aliphatic carbocycles. The van der Waals surface area contributed by atoms with E-state index >= 15 is 0 Å². The standard InChI is InChI=1S/C17H23BrClN3O4/c1-17(2,3)26-16(23)20-9-11-5-4-8-21(10-11)15-13(22(24)25)7-6-12(18)14(15)19/h6-7,11H,4-5,8-10H2,1-3H3,(H,20,23)/t11-/m0/s1. The maximum absolute atomic E-state index is 11.8. The molecule has 1 fully saturated rings. The Morgan fingerprint density at radius 3 is 2.81 bits per heavy atom. The molecule has 0 unspecified atom stereocenters. The third-order valence-corrected chi connectivity index (χ3v) is 5.29. The lowest BCUT2D eigenvalue weighted by Crippen LogP contribution is -2.42. The van der Waals surface area contributed by atoms with E-state index in [2.05, 4.69) is 21.2 Å². The predicted octanol–water partition coefficient (Wildman–Crippen LogP) is 4.75. The van der Waals surface area contributed by atoms with Crippen LogP contribution in [0.15, 0.2) is 16.6 Å². The molecule has 0 saturated carbocycles. The largest absolute Gasteiger partial charge is 0.444 e. The third-order valence-electron chi connectivity index (χ3n) is 4.01. The fourth-order valence-electron chi connectivity index (χ4n) is 2.95. The lowest BCUT2D eigenvalue weighted by atomic mass is 9.97. The van der Waals surface area contributed by atoms with Crippen LogP contribution in [-0.4, -0.2) is 36.3 Å². The SMILES string of the molecule is CC(C)(C)OC(=O)NC[C@@H]1CCCN(c2c([N+](=O)[O-])ccc(Br)c2Cl)C1. The molecule has 1 saturated heterocycles. The molecular weight excluding hydrogens is 426 g/mol. The Morgan fingerprint density at radius 2 is 2.19 bits per heavy atom. The van der Waals surface area contributed by atoms with Crippen LogP contribution in [0.5, 0.6) is 0 Å². The number of nitrogens with zero attached hydrogens (tertiary/aromatic N) is 2. The van der Waals surface area contributed by atoms with E-state index in [9.17, 15) is 14.9 Å². The topological polar surface area (TPSA) is 84.7 Å². The summed E-state index contributed by atoms with van der Waals surface area (Å²) in [5.41, 5.74) is -0.139. The number of ether oxygens (including phenoxy) is 1. The number of piperidine rings is 1. The van der Waals surface area contributed by atoms with Crippen LogP contribution in [0.25, 0.3) is 0 Å². The van der Waals surface area contributed by atoms with E-state index in [1.807, 2.05) is 25.7 Å². The molecule has 0 spiro atoms. The van der Waals surface area contributed by atoms with Gasteiger partial charge in [-0.15, -0.1) is 0 Å². The van der Waals surface area contributed by atoms with E-state index in [1.165, 1.54) is 6.07 Å². The number of carbonyl (C=O) groups excluding carboxylic acids is 1. The Bertz CT molecular complexity index is 693. The number of halogens is 2. The van der Waals surface area contributed by atoms with Crippen molar-refractivity contribution in [1.82, 2.24) is 5.32 Å². The van der Waals surface area contributed by atoms with Crippen molar-refractivity contribution in [2.75, 3.05) is 24.5 Å². The van der Waals surface area contributed by atoms with Gasteiger partial charge >= 0.3 is 6.09 Å². The first-order valence-electron chi connectivity index (χ1n) is 8.42. The van der Waals surface area contributed by atoms with Gasteiger partial charge in [0.15, 0.2) is 0 Å². The summed E-state index contributed by atoms with van der Waals surface area (Å²) in [5, 5.41) is 14.5. The Morgan fingerprint density at radius 1 is 1.50 bits per heavy atom. The highest BCUT2D eigenvalue weighted by Crippen LogP contribution is 2.41. The summed E-state index contributed by atoms with van der Waals surface area (Å²) in [5.74, 6) is 0.158. The average Bonchev–Trinajstić information content (AvgIpc) is 2.53. The zero-order chi connectivity index (χ0) is 19.5. The first-order valence-corrected chi connectivity index (χ1v) is 9.60. The number of hydrogen-bond donors (Lipinski definition) is 1. The lowest BCUT2D eigenvalue weighted by Gasteiger charge is -2.34. The number of rotatable bonds is 4. The highest BCUT2D eigenvalue weighted by molar-refractivity contribution is 9.10. The van der Waals surface area contributed by atoms with E-state index in [1.54, 1.807) is 6.07 Å². The predicted molar refractivity (Wildman–Crippen MR) is 105 cm³/mol. The second-order valence-corrected chi connectivity index (χ2v) is 8.56. The second-order valence-electron chi connectivity index (χ2n) is 7.32. The molecule has 0 aromatic heterocycles. The number of benzene rings is 1. The summed E-state index contributed by atoms with van der Waals surface area (Å²) >= 11 is 9.67. The van der Waals surface area contributed by atoms with Crippen LogP contribution in [0.2, 0.25) is 5.02 Å². The minimum Gasteiger partial charge on any atom is -0.444 e. The Labute approximate surface area is 166 Å². The first kappa shape index (κ1) is 20.8. The molecule has 26 heavy (non-hydrogen) atoms. The molecular formula is C17H23BrClN3O4. The van der Waals surface area contributed by atoms with Gasteiger partial charge in [-0.05, 0) is 61.5 Å². The summed E-state index contributed by atoms with van der Waals surface area (Å²) in [6, 6.07) is 3.03. The molecule has 1 aromatic rings. The molecule has 2 rings (SSSR count). The number of carbonyl (C=O) groups is 1. The fourth-order valence-corrected chi connectivity index (χ4v) is 3.55. The van der Waals surface area contributed by atoms with Crippen molar-refractivity contribution in [3.63, 3.8) is 0 Å². The third kappa shape index (κ3) is 5.48. The van der Waals surface area contributed by atoms with Gasteiger partial charge in [0.05, 0.1) is 9.95 Å². The van der Waals surface area contributed by atoms with E-state index in [4.69, 9.17) is 16.3 Å². The van der Waals surface area contributed by atoms with Gasteiger partial charge in [-0.1, -0.05) is 11.6 Å². The van der Waals surface area contributed by atoms with Crippen LogP contribution in [0.1, 0.15) is 33.6 Å². The number of nitro groups is 1. The summed E-state index contributed by atoms with van der Waals surface area (Å²) in [4.78, 5) is 24.7. The Kier molecular flexibility index (Phi) is 6.74. The molecule has 0 radical (unpaired) electrons. The quantitative estimate of drug-likeness (QED) is 0.530. The van der Waals surface area contributed by atoms with E-state index < -0.39 is 16.6 Å². The van der Waals surface area contributed by atoms with Gasteiger partial charge in [-0.25, -0.2) is 4.79 Å². The minimum absolute atomic E-state index is 0.0149. The Hall–Kier alpha value is -1.54. The summed E-state index contributed by atoms with van der Waals surface area (Å²) in [6.07, 6.45) is 1.33. The highest BCUT2D eigenvalue weighted by atomic mass is 79.9. The number of alkyl carbamates (subject to hydrolysis) is 1. The smallest absolute Gasteiger partial charge is 0.407 e. The molecule has 1 N–H and O–H groups in total. The average molecular weight is 449 g/mol. The Balaban J connectivity index is 2.08. The van der Waals surface area contributed by atoms with Gasteiger partial charge in [-0.3, -0.25) is 10.1 Å². The van der Waals surface area contributed by atoms with Gasteiger partial charge in [0.2, 0.25) is 0 Å². The second kappa shape index (κ2) is 8.43. The number of nitrogens with one attached hydrogen (secondary N) is 1. The van der Waals surface area contributed by atoms with Crippen LogP contribution in [0.3, 0.4) is 0 Å². The number of anilines is 1. The highest BCUT2D eigenvalue weighted by Gasteiger charge is 2.29. The van der Waals surface area contributed by atoms with Crippen LogP contribution < -0.4 is 10.2 Å². The van der Waals surface area contributed by atoms with Crippen molar-refractivity contribution < 1.29 is 14.5 Å². The van der Waals surface area contributed by atoms with Crippen molar-refractivity contribution in [3.8, 4) is 0 Å². The van der Waals surface area contributed by atoms with E-state index in [-0.39, 0.29) is 11.6 Å². The number of amides is 1. The first-order chi connectivity index (χ1) is 12.1. The van der Waals surface area contributed by atoms with Crippen LogP contribution in [-0.2, 0) is 4.74 Å². The van der Waals surface area contributed by atoms with Crippen LogP contribution in [0, 0.1) is 16.0 Å². The van der Waals surface area contributed by atoms with Gasteiger partial charge in [0, 0.05) is 30.2 Å². The van der Waals surface area contributed by atoms with Crippen molar-refractivity contribution >= 4 is 45.0 Å². The van der Waals surface area contributed by atoms with Gasteiger partial charge in [0.25, 0.3) is 5.69 Å². The van der Waals surface area contributed by atoms with E-state index in [0.717, 1.165) is 12.8 Å². The number of hydrogen-bond acceptors (Lipinski definition) is 5. The summed E-state index contributed by atoms with van der Waals surface area (Å²) in [6.45, 7) is 7.13. The van der Waals surface area contributed by atoms with Gasteiger partial charge in [-0.2, -0.15) is 0 Å². The molecule has 0 bridgehead atoms. The molecule has 144 valence electrons.